The van der Waals surface area contributed by atoms with Crippen molar-refractivity contribution in [3.8, 4) is 0 Å². The first-order chi connectivity index (χ1) is 25.4. The zero-order valence-electron chi connectivity index (χ0n) is 35.3. The highest BCUT2D eigenvalue weighted by Crippen LogP contribution is 2.17. The fraction of sp³-hybridized carbons (Fsp3) is 0.935. The smallest absolute Gasteiger partial charge is 0.306 e. The molecule has 0 saturated carbocycles. The summed E-state index contributed by atoms with van der Waals surface area (Å²) in [5, 5.41) is 0. The number of rotatable bonds is 41. The zero-order chi connectivity index (χ0) is 38.2. The molecule has 0 N–H and O–H groups in total. The van der Waals surface area contributed by atoms with Gasteiger partial charge in [-0.05, 0) is 25.2 Å². The van der Waals surface area contributed by atoms with E-state index in [-0.39, 0.29) is 31.1 Å². The first kappa shape index (κ1) is 50.4. The lowest BCUT2D eigenvalue weighted by Crippen LogP contribution is -2.30. The number of carbonyl (C=O) groups is 3. The van der Waals surface area contributed by atoms with Crippen molar-refractivity contribution in [2.24, 2.45) is 5.92 Å². The molecule has 0 aromatic rings. The van der Waals surface area contributed by atoms with Crippen molar-refractivity contribution in [2.45, 2.75) is 259 Å². The quantitative estimate of drug-likeness (QED) is 0.0353. The molecule has 0 spiro atoms. The number of hydrogen-bond acceptors (Lipinski definition) is 6. The maximum atomic E-state index is 12.7. The second-order valence-corrected chi connectivity index (χ2v) is 15.9. The standard InChI is InChI=1S/C46H88O6/c1-5-8-10-12-14-16-17-18-19-21-25-29-33-37-44(47)50-40-43(52-46(49)39-35-31-27-20-15-13-11-9-6-2)41-51-45(48)38-34-30-26-23-22-24-28-32-36-42(4)7-3/h42-43H,5-41H2,1-4H3/t42?,43-/m1/s1. The lowest BCUT2D eigenvalue weighted by Gasteiger charge is -2.18. The molecule has 2 atom stereocenters. The molecule has 6 heteroatoms. The fourth-order valence-corrected chi connectivity index (χ4v) is 6.77. The van der Waals surface area contributed by atoms with Gasteiger partial charge in [-0.25, -0.2) is 0 Å². The van der Waals surface area contributed by atoms with Gasteiger partial charge in [0.25, 0.3) is 0 Å². The average Bonchev–Trinajstić information content (AvgIpc) is 3.14. The van der Waals surface area contributed by atoms with Crippen molar-refractivity contribution >= 4 is 17.9 Å². The van der Waals surface area contributed by atoms with Gasteiger partial charge < -0.3 is 14.2 Å². The van der Waals surface area contributed by atoms with E-state index < -0.39 is 6.10 Å². The molecule has 0 fully saturated rings. The summed E-state index contributed by atoms with van der Waals surface area (Å²) in [4.78, 5) is 37.6. The number of esters is 3. The molecular formula is C46H88O6. The van der Waals surface area contributed by atoms with E-state index in [4.69, 9.17) is 14.2 Å². The fourth-order valence-electron chi connectivity index (χ4n) is 6.77. The van der Waals surface area contributed by atoms with Gasteiger partial charge >= 0.3 is 17.9 Å². The Kier molecular flexibility index (Phi) is 39.4. The van der Waals surface area contributed by atoms with Crippen LogP contribution in [-0.4, -0.2) is 37.2 Å². The summed E-state index contributed by atoms with van der Waals surface area (Å²) in [6.45, 7) is 8.98. The highest BCUT2D eigenvalue weighted by Gasteiger charge is 2.19. The van der Waals surface area contributed by atoms with Crippen molar-refractivity contribution < 1.29 is 28.6 Å². The largest absolute Gasteiger partial charge is 0.462 e. The first-order valence-electron chi connectivity index (χ1n) is 22.9. The van der Waals surface area contributed by atoms with E-state index in [1.807, 2.05) is 0 Å². The topological polar surface area (TPSA) is 78.9 Å². The van der Waals surface area contributed by atoms with Crippen LogP contribution in [0.3, 0.4) is 0 Å². The third-order valence-electron chi connectivity index (χ3n) is 10.7. The zero-order valence-corrected chi connectivity index (χ0v) is 35.3. The van der Waals surface area contributed by atoms with Gasteiger partial charge in [-0.1, -0.05) is 214 Å². The Labute approximate surface area is 323 Å². The van der Waals surface area contributed by atoms with Gasteiger partial charge in [0.1, 0.15) is 13.2 Å². The van der Waals surface area contributed by atoms with Crippen molar-refractivity contribution in [3.05, 3.63) is 0 Å². The third kappa shape index (κ3) is 38.1. The molecule has 0 saturated heterocycles. The van der Waals surface area contributed by atoms with E-state index >= 15 is 0 Å². The molecule has 0 aliphatic rings. The van der Waals surface area contributed by atoms with Crippen molar-refractivity contribution in [1.29, 1.82) is 0 Å². The maximum Gasteiger partial charge on any atom is 0.306 e. The van der Waals surface area contributed by atoms with Gasteiger partial charge in [-0.2, -0.15) is 0 Å². The molecule has 0 radical (unpaired) electrons. The minimum atomic E-state index is -0.758. The molecule has 0 aromatic carbocycles. The molecule has 6 nitrogen and oxygen atoms in total. The Hall–Kier alpha value is -1.59. The van der Waals surface area contributed by atoms with Crippen LogP contribution in [0.1, 0.15) is 252 Å². The molecule has 1 unspecified atom stereocenters. The SMILES string of the molecule is CCCCCCCCCCCCCCCC(=O)OC[C@H](COC(=O)CCCCCCCCCCC(C)CC)OC(=O)CCCCCCCCCCC. The predicted molar refractivity (Wildman–Crippen MR) is 220 cm³/mol. The van der Waals surface area contributed by atoms with Crippen molar-refractivity contribution in [2.75, 3.05) is 13.2 Å². The Balaban J connectivity index is 4.31. The number of hydrogen-bond donors (Lipinski definition) is 0. The van der Waals surface area contributed by atoms with E-state index in [2.05, 4.69) is 27.7 Å². The lowest BCUT2D eigenvalue weighted by molar-refractivity contribution is -0.167. The van der Waals surface area contributed by atoms with Gasteiger partial charge in [0.15, 0.2) is 6.10 Å². The Morgan fingerprint density at radius 3 is 1.00 bits per heavy atom. The van der Waals surface area contributed by atoms with Crippen molar-refractivity contribution in [1.82, 2.24) is 0 Å². The van der Waals surface area contributed by atoms with Gasteiger partial charge in [0.2, 0.25) is 0 Å². The van der Waals surface area contributed by atoms with Gasteiger partial charge in [0, 0.05) is 19.3 Å². The van der Waals surface area contributed by atoms with Crippen molar-refractivity contribution in [3.63, 3.8) is 0 Å². The van der Waals surface area contributed by atoms with E-state index in [0.717, 1.165) is 63.7 Å². The molecule has 52 heavy (non-hydrogen) atoms. The highest BCUT2D eigenvalue weighted by atomic mass is 16.6. The van der Waals surface area contributed by atoms with Crippen LogP contribution < -0.4 is 0 Å². The lowest BCUT2D eigenvalue weighted by atomic mass is 9.99. The summed E-state index contributed by atoms with van der Waals surface area (Å²) in [5.74, 6) is -0.00919. The minimum absolute atomic E-state index is 0.0641. The van der Waals surface area contributed by atoms with Crippen LogP contribution in [0.2, 0.25) is 0 Å². The van der Waals surface area contributed by atoms with Crippen LogP contribution >= 0.6 is 0 Å². The normalized spacial score (nSPS) is 12.5. The molecule has 0 rings (SSSR count). The molecular weight excluding hydrogens is 648 g/mol. The van der Waals surface area contributed by atoms with Crippen LogP contribution in [0.5, 0.6) is 0 Å². The molecule has 0 aromatic heterocycles. The van der Waals surface area contributed by atoms with Gasteiger partial charge in [-0.3, -0.25) is 14.4 Å². The van der Waals surface area contributed by atoms with E-state index in [1.54, 1.807) is 0 Å². The summed E-state index contributed by atoms with van der Waals surface area (Å²) < 4.78 is 16.7. The summed E-state index contributed by atoms with van der Waals surface area (Å²) in [6.07, 6.45) is 39.4. The van der Waals surface area contributed by atoms with Crippen LogP contribution in [-0.2, 0) is 28.6 Å². The summed E-state index contributed by atoms with van der Waals surface area (Å²) in [6, 6.07) is 0. The van der Waals surface area contributed by atoms with Crippen LogP contribution in [0.15, 0.2) is 0 Å². The maximum absolute atomic E-state index is 12.7. The molecule has 0 aliphatic carbocycles. The molecule has 308 valence electrons. The van der Waals surface area contributed by atoms with Crippen LogP contribution in [0, 0.1) is 5.92 Å². The van der Waals surface area contributed by atoms with Crippen LogP contribution in [0.25, 0.3) is 0 Å². The second kappa shape index (κ2) is 40.6. The molecule has 0 amide bonds. The van der Waals surface area contributed by atoms with Gasteiger partial charge in [-0.15, -0.1) is 0 Å². The predicted octanol–water partition coefficient (Wildman–Crippen LogP) is 14.3. The number of unbranched alkanes of at least 4 members (excludes halogenated alkanes) is 27. The Morgan fingerprint density at radius 2 is 0.673 bits per heavy atom. The van der Waals surface area contributed by atoms with Crippen LogP contribution in [0.4, 0.5) is 0 Å². The Morgan fingerprint density at radius 1 is 0.385 bits per heavy atom. The molecule has 0 bridgehead atoms. The summed E-state index contributed by atoms with van der Waals surface area (Å²) in [7, 11) is 0. The average molecular weight is 737 g/mol. The third-order valence-corrected chi connectivity index (χ3v) is 10.7. The Bertz CT molecular complexity index is 783. The summed E-state index contributed by atoms with van der Waals surface area (Å²) >= 11 is 0. The van der Waals surface area contributed by atoms with Gasteiger partial charge in [0.05, 0.1) is 0 Å². The molecule has 0 heterocycles. The second-order valence-electron chi connectivity index (χ2n) is 15.9. The summed E-state index contributed by atoms with van der Waals surface area (Å²) in [5.41, 5.74) is 0. The first-order valence-corrected chi connectivity index (χ1v) is 22.9. The van der Waals surface area contributed by atoms with E-state index in [9.17, 15) is 14.4 Å². The highest BCUT2D eigenvalue weighted by molar-refractivity contribution is 5.71. The minimum Gasteiger partial charge on any atom is -0.462 e. The monoisotopic (exact) mass is 737 g/mol. The number of carbonyl (C=O) groups excluding carboxylic acids is 3. The number of ether oxygens (including phenoxy) is 3. The molecule has 0 aliphatic heterocycles. The van der Waals surface area contributed by atoms with E-state index in [1.165, 1.54) is 148 Å². The van der Waals surface area contributed by atoms with E-state index in [0.29, 0.717) is 19.3 Å².